The van der Waals surface area contributed by atoms with E-state index in [0.29, 0.717) is 17.8 Å². The van der Waals surface area contributed by atoms with Gasteiger partial charge in [-0.1, -0.05) is 45.9 Å². The molecule has 0 fully saturated rings. The molecular formula is C15H25NO. The molecule has 0 spiro atoms. The van der Waals surface area contributed by atoms with Crippen molar-refractivity contribution >= 4 is 5.69 Å². The Kier molecular flexibility index (Phi) is 5.49. The lowest BCUT2D eigenvalue weighted by molar-refractivity contribution is 0.198. The van der Waals surface area contributed by atoms with Crippen LogP contribution in [0.5, 0.6) is 0 Å². The Hall–Kier alpha value is -1.02. The van der Waals surface area contributed by atoms with Gasteiger partial charge in [0, 0.05) is 24.8 Å². The van der Waals surface area contributed by atoms with E-state index in [2.05, 4.69) is 57.3 Å². The van der Waals surface area contributed by atoms with Gasteiger partial charge in [0.2, 0.25) is 0 Å². The normalized spacial score (nSPS) is 13.1. The molecule has 0 heterocycles. The van der Waals surface area contributed by atoms with Gasteiger partial charge >= 0.3 is 0 Å². The van der Waals surface area contributed by atoms with Crippen molar-refractivity contribution in [2.24, 2.45) is 11.8 Å². The van der Waals surface area contributed by atoms with Crippen LogP contribution in [-0.4, -0.2) is 18.3 Å². The quantitative estimate of drug-likeness (QED) is 0.791. The number of para-hydroxylation sites is 1. The Balaban J connectivity index is 2.68. The van der Waals surface area contributed by atoms with E-state index in [4.69, 9.17) is 0 Å². The van der Waals surface area contributed by atoms with Crippen molar-refractivity contribution in [2.45, 2.75) is 33.6 Å². The lowest BCUT2D eigenvalue weighted by Crippen LogP contribution is -2.23. The molecular weight excluding hydrogens is 210 g/mol. The average Bonchev–Trinajstić information content (AvgIpc) is 2.29. The van der Waals surface area contributed by atoms with Crippen LogP contribution in [0, 0.1) is 11.8 Å². The molecule has 1 aromatic rings. The van der Waals surface area contributed by atoms with Crippen LogP contribution >= 0.6 is 0 Å². The van der Waals surface area contributed by atoms with Crippen molar-refractivity contribution in [1.29, 1.82) is 0 Å². The molecule has 0 amide bonds. The van der Waals surface area contributed by atoms with E-state index in [9.17, 15) is 5.11 Å². The molecule has 2 N–H and O–H groups in total. The number of benzene rings is 1. The van der Waals surface area contributed by atoms with E-state index in [1.165, 1.54) is 11.3 Å². The van der Waals surface area contributed by atoms with Crippen molar-refractivity contribution in [3.8, 4) is 0 Å². The molecule has 0 aliphatic rings. The number of hydrogen-bond acceptors (Lipinski definition) is 2. The molecule has 1 rings (SSSR count). The summed E-state index contributed by atoms with van der Waals surface area (Å²) in [5, 5.41) is 12.8. The van der Waals surface area contributed by atoms with Gasteiger partial charge in [-0.05, 0) is 23.5 Å². The van der Waals surface area contributed by atoms with Crippen LogP contribution in [0.3, 0.4) is 0 Å². The predicted molar refractivity (Wildman–Crippen MR) is 74.4 cm³/mol. The largest absolute Gasteiger partial charge is 0.396 e. The molecule has 0 aromatic heterocycles. The Bertz CT molecular complexity index is 333. The summed E-state index contributed by atoms with van der Waals surface area (Å²) in [6.07, 6.45) is 0. The smallest absolute Gasteiger partial charge is 0.0478 e. The van der Waals surface area contributed by atoms with Crippen molar-refractivity contribution in [1.82, 2.24) is 0 Å². The molecule has 0 aliphatic heterocycles. The summed E-state index contributed by atoms with van der Waals surface area (Å²) in [4.78, 5) is 0. The average molecular weight is 235 g/mol. The third-order valence-corrected chi connectivity index (χ3v) is 3.31. The summed E-state index contributed by atoms with van der Waals surface area (Å²) < 4.78 is 0. The topological polar surface area (TPSA) is 32.3 Å². The second-order valence-electron chi connectivity index (χ2n) is 5.31. The molecule has 96 valence electrons. The van der Waals surface area contributed by atoms with Gasteiger partial charge in [0.05, 0.1) is 0 Å². The molecule has 1 unspecified atom stereocenters. The zero-order chi connectivity index (χ0) is 12.8. The van der Waals surface area contributed by atoms with Gasteiger partial charge in [-0.25, -0.2) is 0 Å². The number of nitrogens with one attached hydrogen (secondary N) is 1. The number of anilines is 1. The van der Waals surface area contributed by atoms with Crippen LogP contribution < -0.4 is 5.32 Å². The van der Waals surface area contributed by atoms with Crippen LogP contribution in [0.15, 0.2) is 24.3 Å². The molecule has 2 nitrogen and oxygen atoms in total. The number of aliphatic hydroxyl groups is 1. The van der Waals surface area contributed by atoms with Crippen LogP contribution in [0.25, 0.3) is 0 Å². The van der Waals surface area contributed by atoms with Gasteiger partial charge in [0.15, 0.2) is 0 Å². The first-order valence-corrected chi connectivity index (χ1v) is 6.50. The maximum Gasteiger partial charge on any atom is 0.0478 e. The second-order valence-corrected chi connectivity index (χ2v) is 5.31. The fraction of sp³-hybridized carbons (Fsp3) is 0.600. The lowest BCUT2D eigenvalue weighted by atomic mass is 9.96. The first-order valence-electron chi connectivity index (χ1n) is 6.50. The van der Waals surface area contributed by atoms with Gasteiger partial charge in [-0.2, -0.15) is 0 Å². The molecule has 0 saturated carbocycles. The van der Waals surface area contributed by atoms with Crippen LogP contribution in [0.4, 0.5) is 5.69 Å². The maximum atomic E-state index is 9.31. The molecule has 0 aliphatic carbocycles. The van der Waals surface area contributed by atoms with Crippen molar-refractivity contribution < 1.29 is 5.11 Å². The Morgan fingerprint density at radius 1 is 1.12 bits per heavy atom. The minimum atomic E-state index is 0.245. The predicted octanol–water partition coefficient (Wildman–Crippen LogP) is 3.49. The molecule has 0 radical (unpaired) electrons. The van der Waals surface area contributed by atoms with Crippen molar-refractivity contribution in [3.63, 3.8) is 0 Å². The Morgan fingerprint density at radius 3 is 2.29 bits per heavy atom. The highest BCUT2D eigenvalue weighted by molar-refractivity contribution is 5.52. The van der Waals surface area contributed by atoms with E-state index in [0.717, 1.165) is 6.54 Å². The summed E-state index contributed by atoms with van der Waals surface area (Å²) in [6.45, 7) is 9.78. The minimum Gasteiger partial charge on any atom is -0.396 e. The fourth-order valence-corrected chi connectivity index (χ4v) is 1.91. The highest BCUT2D eigenvalue weighted by Gasteiger charge is 2.13. The summed E-state index contributed by atoms with van der Waals surface area (Å²) in [5.74, 6) is 1.33. The minimum absolute atomic E-state index is 0.245. The van der Waals surface area contributed by atoms with Crippen molar-refractivity contribution in [2.75, 3.05) is 18.5 Å². The summed E-state index contributed by atoms with van der Waals surface area (Å²) >= 11 is 0. The van der Waals surface area contributed by atoms with E-state index in [1.807, 2.05) is 0 Å². The first kappa shape index (κ1) is 14.0. The highest BCUT2D eigenvalue weighted by atomic mass is 16.3. The molecule has 0 bridgehead atoms. The number of rotatable bonds is 6. The van der Waals surface area contributed by atoms with E-state index < -0.39 is 0 Å². The monoisotopic (exact) mass is 235 g/mol. The standard InChI is InChI=1S/C15H25NO/c1-11(2)13(10-17)9-16-15-8-6-5-7-14(15)12(3)4/h5-8,11-13,16-17H,9-10H2,1-4H3. The van der Waals surface area contributed by atoms with Gasteiger partial charge in [-0.15, -0.1) is 0 Å². The second kappa shape index (κ2) is 6.65. The third kappa shape index (κ3) is 4.04. The van der Waals surface area contributed by atoms with Crippen LogP contribution in [0.2, 0.25) is 0 Å². The van der Waals surface area contributed by atoms with Crippen molar-refractivity contribution in [3.05, 3.63) is 29.8 Å². The third-order valence-electron chi connectivity index (χ3n) is 3.31. The van der Waals surface area contributed by atoms with Gasteiger partial charge in [-0.3, -0.25) is 0 Å². The Labute approximate surface area is 105 Å². The summed E-state index contributed by atoms with van der Waals surface area (Å²) in [6, 6.07) is 8.41. The van der Waals surface area contributed by atoms with Crippen LogP contribution in [-0.2, 0) is 0 Å². The zero-order valence-corrected chi connectivity index (χ0v) is 11.4. The molecule has 1 aromatic carbocycles. The number of hydrogen-bond donors (Lipinski definition) is 2. The maximum absolute atomic E-state index is 9.31. The fourth-order valence-electron chi connectivity index (χ4n) is 1.91. The highest BCUT2D eigenvalue weighted by Crippen LogP contribution is 2.24. The van der Waals surface area contributed by atoms with Crippen LogP contribution in [0.1, 0.15) is 39.2 Å². The summed E-state index contributed by atoms with van der Waals surface area (Å²) in [7, 11) is 0. The molecule has 2 heteroatoms. The van der Waals surface area contributed by atoms with Gasteiger partial charge in [0.1, 0.15) is 0 Å². The van der Waals surface area contributed by atoms with E-state index in [1.54, 1.807) is 0 Å². The number of aliphatic hydroxyl groups excluding tert-OH is 1. The SMILES string of the molecule is CC(C)c1ccccc1NCC(CO)C(C)C. The molecule has 0 saturated heterocycles. The zero-order valence-electron chi connectivity index (χ0n) is 11.4. The van der Waals surface area contributed by atoms with E-state index >= 15 is 0 Å². The molecule has 17 heavy (non-hydrogen) atoms. The first-order chi connectivity index (χ1) is 8.06. The lowest BCUT2D eigenvalue weighted by Gasteiger charge is -2.21. The van der Waals surface area contributed by atoms with Gasteiger partial charge in [0.25, 0.3) is 0 Å². The van der Waals surface area contributed by atoms with E-state index in [-0.39, 0.29) is 6.61 Å². The molecule has 1 atom stereocenters. The van der Waals surface area contributed by atoms with Gasteiger partial charge < -0.3 is 10.4 Å². The summed E-state index contributed by atoms with van der Waals surface area (Å²) in [5.41, 5.74) is 2.54. The Morgan fingerprint density at radius 2 is 1.76 bits per heavy atom.